The van der Waals surface area contributed by atoms with Gasteiger partial charge in [0.1, 0.15) is 0 Å². The Bertz CT molecular complexity index is 261. The molecule has 0 amide bonds. The number of aryl methyl sites for hydroxylation is 1. The zero-order valence-electron chi connectivity index (χ0n) is 8.25. The Hall–Kier alpha value is -0.340. The van der Waals surface area contributed by atoms with Crippen molar-refractivity contribution in [2.45, 2.75) is 32.7 Å². The van der Waals surface area contributed by atoms with E-state index in [1.807, 2.05) is 11.3 Å². The van der Waals surface area contributed by atoms with Crippen LogP contribution in [0.3, 0.4) is 0 Å². The van der Waals surface area contributed by atoms with E-state index in [0.29, 0.717) is 0 Å². The summed E-state index contributed by atoms with van der Waals surface area (Å²) in [5.74, 6) is 0. The molecule has 1 saturated heterocycles. The molecule has 2 rings (SSSR count). The highest BCUT2D eigenvalue weighted by Crippen LogP contribution is 2.19. The molecular formula is C11H17NS. The van der Waals surface area contributed by atoms with Crippen molar-refractivity contribution < 1.29 is 0 Å². The molecule has 0 N–H and O–H groups in total. The van der Waals surface area contributed by atoms with Gasteiger partial charge in [-0.15, -0.1) is 11.3 Å². The molecular weight excluding hydrogens is 178 g/mol. The van der Waals surface area contributed by atoms with Crippen LogP contribution in [-0.4, -0.2) is 18.0 Å². The number of hydrogen-bond donors (Lipinski definition) is 0. The third-order valence-electron chi connectivity index (χ3n) is 2.78. The predicted octanol–water partition coefficient (Wildman–Crippen LogP) is 3.04. The van der Waals surface area contributed by atoms with Crippen LogP contribution >= 0.6 is 11.3 Å². The molecule has 13 heavy (non-hydrogen) atoms. The first-order valence-corrected chi connectivity index (χ1v) is 5.99. The Morgan fingerprint density at radius 2 is 2.08 bits per heavy atom. The summed E-state index contributed by atoms with van der Waals surface area (Å²) in [5, 5.41) is 2.20. The maximum atomic E-state index is 2.59. The van der Waals surface area contributed by atoms with Crippen molar-refractivity contribution in [2.24, 2.45) is 0 Å². The highest BCUT2D eigenvalue weighted by molar-refractivity contribution is 7.10. The van der Waals surface area contributed by atoms with E-state index in [1.54, 1.807) is 4.88 Å². The van der Waals surface area contributed by atoms with E-state index in [2.05, 4.69) is 23.3 Å². The Kier molecular flexibility index (Phi) is 3.01. The van der Waals surface area contributed by atoms with Crippen molar-refractivity contribution in [3.63, 3.8) is 0 Å². The quantitative estimate of drug-likeness (QED) is 0.701. The smallest absolute Gasteiger partial charge is 0.0330 e. The van der Waals surface area contributed by atoms with Gasteiger partial charge in [0, 0.05) is 11.4 Å². The van der Waals surface area contributed by atoms with Crippen molar-refractivity contribution in [1.29, 1.82) is 0 Å². The van der Waals surface area contributed by atoms with Crippen LogP contribution in [0.15, 0.2) is 11.4 Å². The fourth-order valence-electron chi connectivity index (χ4n) is 1.89. The van der Waals surface area contributed by atoms with Gasteiger partial charge in [0.15, 0.2) is 0 Å². The molecule has 72 valence electrons. The molecule has 1 aromatic rings. The van der Waals surface area contributed by atoms with Gasteiger partial charge in [0.2, 0.25) is 0 Å². The lowest BCUT2D eigenvalue weighted by atomic mass is 10.1. The summed E-state index contributed by atoms with van der Waals surface area (Å²) in [7, 11) is 0. The van der Waals surface area contributed by atoms with Gasteiger partial charge in [-0.2, -0.15) is 0 Å². The molecule has 2 heteroatoms. The van der Waals surface area contributed by atoms with Gasteiger partial charge in [-0.3, -0.25) is 4.90 Å². The highest BCUT2D eigenvalue weighted by atomic mass is 32.1. The molecule has 0 spiro atoms. The normalized spacial score (nSPS) is 19.2. The fraction of sp³-hybridized carbons (Fsp3) is 0.636. The summed E-state index contributed by atoms with van der Waals surface area (Å²) in [5.41, 5.74) is 1.47. The van der Waals surface area contributed by atoms with Gasteiger partial charge in [-0.25, -0.2) is 0 Å². The fourth-order valence-corrected chi connectivity index (χ4v) is 2.83. The van der Waals surface area contributed by atoms with Crippen LogP contribution in [0.25, 0.3) is 0 Å². The monoisotopic (exact) mass is 195 g/mol. The van der Waals surface area contributed by atoms with E-state index in [1.165, 1.54) is 44.5 Å². The van der Waals surface area contributed by atoms with Crippen molar-refractivity contribution in [1.82, 2.24) is 4.90 Å². The van der Waals surface area contributed by atoms with Gasteiger partial charge < -0.3 is 0 Å². The van der Waals surface area contributed by atoms with Crippen LogP contribution in [0, 0.1) is 6.92 Å². The van der Waals surface area contributed by atoms with Crippen LogP contribution in [-0.2, 0) is 6.54 Å². The second-order valence-corrected chi connectivity index (χ2v) is 4.86. The molecule has 0 saturated carbocycles. The molecule has 2 heterocycles. The molecule has 1 fully saturated rings. The third kappa shape index (κ3) is 2.32. The maximum absolute atomic E-state index is 2.59. The first kappa shape index (κ1) is 9.22. The first-order valence-electron chi connectivity index (χ1n) is 5.11. The average molecular weight is 195 g/mol. The lowest BCUT2D eigenvalue weighted by Crippen LogP contribution is -2.28. The van der Waals surface area contributed by atoms with E-state index in [-0.39, 0.29) is 0 Å². The number of hydrogen-bond acceptors (Lipinski definition) is 2. The van der Waals surface area contributed by atoms with Gasteiger partial charge in [-0.1, -0.05) is 6.42 Å². The van der Waals surface area contributed by atoms with E-state index in [4.69, 9.17) is 0 Å². The summed E-state index contributed by atoms with van der Waals surface area (Å²) in [4.78, 5) is 4.14. The number of piperidine rings is 1. The number of rotatable bonds is 2. The maximum Gasteiger partial charge on any atom is 0.0330 e. The second-order valence-electron chi connectivity index (χ2n) is 3.86. The van der Waals surface area contributed by atoms with E-state index in [0.717, 1.165) is 0 Å². The van der Waals surface area contributed by atoms with Crippen molar-refractivity contribution in [2.75, 3.05) is 13.1 Å². The molecule has 0 unspecified atom stereocenters. The molecule has 0 bridgehead atoms. The Balaban J connectivity index is 1.93. The summed E-state index contributed by atoms with van der Waals surface area (Å²) < 4.78 is 0. The Morgan fingerprint density at radius 1 is 1.31 bits per heavy atom. The second kappa shape index (κ2) is 4.25. The average Bonchev–Trinajstić information content (AvgIpc) is 2.54. The Labute approximate surface area is 84.4 Å². The SMILES string of the molecule is Cc1ccsc1CN1CCCCC1. The van der Waals surface area contributed by atoms with Crippen LogP contribution in [0.2, 0.25) is 0 Å². The number of thiophene rings is 1. The Morgan fingerprint density at radius 3 is 2.69 bits per heavy atom. The van der Waals surface area contributed by atoms with Crippen molar-refractivity contribution in [3.05, 3.63) is 21.9 Å². The molecule has 0 aromatic carbocycles. The summed E-state index contributed by atoms with van der Waals surface area (Å²) in [6, 6.07) is 2.23. The number of nitrogens with zero attached hydrogens (tertiary/aromatic N) is 1. The molecule has 0 atom stereocenters. The zero-order chi connectivity index (χ0) is 9.10. The summed E-state index contributed by atoms with van der Waals surface area (Å²) in [6.45, 7) is 6.01. The lowest BCUT2D eigenvalue weighted by molar-refractivity contribution is 0.222. The molecule has 1 aromatic heterocycles. The molecule has 1 aliphatic heterocycles. The van der Waals surface area contributed by atoms with Gasteiger partial charge in [0.05, 0.1) is 0 Å². The third-order valence-corrected chi connectivity index (χ3v) is 3.79. The van der Waals surface area contributed by atoms with Crippen LogP contribution in [0.1, 0.15) is 29.7 Å². The minimum absolute atomic E-state index is 1.18. The molecule has 0 aliphatic carbocycles. The minimum atomic E-state index is 1.18. The predicted molar refractivity (Wildman–Crippen MR) is 58.2 cm³/mol. The minimum Gasteiger partial charge on any atom is -0.298 e. The van der Waals surface area contributed by atoms with Gasteiger partial charge in [0.25, 0.3) is 0 Å². The van der Waals surface area contributed by atoms with Crippen molar-refractivity contribution >= 4 is 11.3 Å². The first-order chi connectivity index (χ1) is 6.36. The van der Waals surface area contributed by atoms with Crippen LogP contribution in [0.5, 0.6) is 0 Å². The van der Waals surface area contributed by atoms with Gasteiger partial charge in [-0.05, 0) is 49.9 Å². The summed E-state index contributed by atoms with van der Waals surface area (Å²) in [6.07, 6.45) is 4.22. The topological polar surface area (TPSA) is 3.24 Å². The van der Waals surface area contributed by atoms with Crippen LogP contribution < -0.4 is 0 Å². The highest BCUT2D eigenvalue weighted by Gasteiger charge is 2.11. The zero-order valence-corrected chi connectivity index (χ0v) is 9.07. The standard InChI is InChI=1S/C11H17NS/c1-10-5-8-13-11(10)9-12-6-3-2-4-7-12/h5,8H,2-4,6-7,9H2,1H3. The van der Waals surface area contributed by atoms with E-state index < -0.39 is 0 Å². The molecule has 1 nitrogen and oxygen atoms in total. The number of likely N-dealkylation sites (tertiary alicyclic amines) is 1. The largest absolute Gasteiger partial charge is 0.298 e. The van der Waals surface area contributed by atoms with Crippen LogP contribution in [0.4, 0.5) is 0 Å². The van der Waals surface area contributed by atoms with Gasteiger partial charge >= 0.3 is 0 Å². The van der Waals surface area contributed by atoms with E-state index in [9.17, 15) is 0 Å². The van der Waals surface area contributed by atoms with Crippen molar-refractivity contribution in [3.8, 4) is 0 Å². The lowest BCUT2D eigenvalue weighted by Gasteiger charge is -2.26. The summed E-state index contributed by atoms with van der Waals surface area (Å²) >= 11 is 1.90. The molecule has 1 aliphatic rings. The molecule has 0 radical (unpaired) electrons. The van der Waals surface area contributed by atoms with E-state index >= 15 is 0 Å².